The molecule has 0 aliphatic heterocycles. The van der Waals surface area contributed by atoms with Crippen molar-refractivity contribution in [3.8, 4) is 17.6 Å². The van der Waals surface area contributed by atoms with E-state index >= 15 is 0 Å². The van der Waals surface area contributed by atoms with E-state index in [9.17, 15) is 4.79 Å². The average molecular weight is 289 g/mol. The molecule has 0 saturated heterocycles. The molecule has 0 bridgehead atoms. The maximum atomic E-state index is 12.3. The van der Waals surface area contributed by atoms with Gasteiger partial charge in [-0.2, -0.15) is 4.98 Å². The maximum absolute atomic E-state index is 12.3. The average Bonchev–Trinajstić information content (AvgIpc) is 2.54. The highest BCUT2D eigenvalue weighted by atomic mass is 16.5. The molecule has 0 spiro atoms. The molecule has 0 aromatic carbocycles. The van der Waals surface area contributed by atoms with Gasteiger partial charge in [0.1, 0.15) is 0 Å². The summed E-state index contributed by atoms with van der Waals surface area (Å²) in [7, 11) is 4.42. The van der Waals surface area contributed by atoms with E-state index in [-0.39, 0.29) is 29.7 Å². The minimum atomic E-state index is -0.214. The molecule has 2 aromatic heterocycles. The Morgan fingerprint density at radius 1 is 1.00 bits per heavy atom. The van der Waals surface area contributed by atoms with E-state index in [4.69, 9.17) is 14.2 Å². The third kappa shape index (κ3) is 3.44. The summed E-state index contributed by atoms with van der Waals surface area (Å²) in [5, 5.41) is 0. The fourth-order valence-corrected chi connectivity index (χ4v) is 1.69. The van der Waals surface area contributed by atoms with Crippen LogP contribution < -0.4 is 14.2 Å². The first-order valence-corrected chi connectivity index (χ1v) is 6.15. The van der Waals surface area contributed by atoms with Gasteiger partial charge in [-0.05, 0) is 5.56 Å². The highest BCUT2D eigenvalue weighted by Gasteiger charge is 2.17. The molecule has 2 rings (SSSR count). The van der Waals surface area contributed by atoms with Gasteiger partial charge in [-0.25, -0.2) is 9.97 Å². The number of pyridine rings is 1. The van der Waals surface area contributed by atoms with Crippen molar-refractivity contribution >= 4 is 5.78 Å². The lowest BCUT2D eigenvalue weighted by Gasteiger charge is -2.07. The largest absolute Gasteiger partial charge is 0.481 e. The van der Waals surface area contributed by atoms with E-state index in [1.54, 1.807) is 18.3 Å². The van der Waals surface area contributed by atoms with E-state index in [1.807, 2.05) is 0 Å². The molecule has 0 saturated carbocycles. The highest BCUT2D eigenvalue weighted by Crippen LogP contribution is 2.19. The van der Waals surface area contributed by atoms with Gasteiger partial charge in [0.15, 0.2) is 11.5 Å². The standard InChI is InChI=1S/C14H15N3O4/c1-19-11-5-4-9(7-15-11)6-10(18)13-14(21-3)17-12(20-2)8-16-13/h4-5,7-8H,6H2,1-3H3. The van der Waals surface area contributed by atoms with Gasteiger partial charge in [0, 0.05) is 18.7 Å². The molecule has 0 atom stereocenters. The van der Waals surface area contributed by atoms with Gasteiger partial charge in [0.25, 0.3) is 0 Å². The number of carbonyl (C=O) groups excluding carboxylic acids is 1. The predicted molar refractivity (Wildman–Crippen MR) is 74.0 cm³/mol. The Hall–Kier alpha value is -2.70. The zero-order valence-corrected chi connectivity index (χ0v) is 12.0. The number of ether oxygens (including phenoxy) is 3. The molecule has 0 radical (unpaired) electrons. The monoisotopic (exact) mass is 289 g/mol. The van der Waals surface area contributed by atoms with Gasteiger partial charge in [-0.1, -0.05) is 6.07 Å². The third-order valence-corrected chi connectivity index (χ3v) is 2.76. The Bertz CT molecular complexity index is 629. The van der Waals surface area contributed by atoms with Crippen molar-refractivity contribution in [3.63, 3.8) is 0 Å². The Balaban J connectivity index is 2.19. The molecule has 110 valence electrons. The molecule has 0 N–H and O–H groups in total. The van der Waals surface area contributed by atoms with Crippen LogP contribution in [0.4, 0.5) is 0 Å². The van der Waals surface area contributed by atoms with Crippen LogP contribution in [0, 0.1) is 0 Å². The summed E-state index contributed by atoms with van der Waals surface area (Å²) in [6.45, 7) is 0. The molecule has 2 aromatic rings. The van der Waals surface area contributed by atoms with Crippen LogP contribution in [0.2, 0.25) is 0 Å². The number of hydrogen-bond acceptors (Lipinski definition) is 7. The summed E-state index contributed by atoms with van der Waals surface area (Å²) in [5.41, 5.74) is 0.912. The fraction of sp³-hybridized carbons (Fsp3) is 0.286. The van der Waals surface area contributed by atoms with Crippen LogP contribution in [0.1, 0.15) is 16.1 Å². The van der Waals surface area contributed by atoms with Gasteiger partial charge < -0.3 is 14.2 Å². The van der Waals surface area contributed by atoms with Crippen molar-refractivity contribution in [1.82, 2.24) is 15.0 Å². The summed E-state index contributed by atoms with van der Waals surface area (Å²) in [5.74, 6) is 0.706. The number of carbonyl (C=O) groups is 1. The zero-order chi connectivity index (χ0) is 15.2. The predicted octanol–water partition coefficient (Wildman–Crippen LogP) is 1.32. The van der Waals surface area contributed by atoms with Crippen molar-refractivity contribution in [2.24, 2.45) is 0 Å². The number of methoxy groups -OCH3 is 3. The van der Waals surface area contributed by atoms with Crippen LogP contribution in [-0.2, 0) is 6.42 Å². The Labute approximate surface area is 121 Å². The highest BCUT2D eigenvalue weighted by molar-refractivity contribution is 5.97. The number of aromatic nitrogens is 3. The molecule has 2 heterocycles. The first-order valence-electron chi connectivity index (χ1n) is 6.15. The zero-order valence-electron chi connectivity index (χ0n) is 12.0. The molecule has 7 heteroatoms. The van der Waals surface area contributed by atoms with Gasteiger partial charge in [-0.3, -0.25) is 4.79 Å². The van der Waals surface area contributed by atoms with Crippen LogP contribution in [0.3, 0.4) is 0 Å². The molecule has 0 amide bonds. The van der Waals surface area contributed by atoms with Gasteiger partial charge in [-0.15, -0.1) is 0 Å². The second kappa shape index (κ2) is 6.65. The first kappa shape index (κ1) is 14.7. The van der Waals surface area contributed by atoms with Crippen molar-refractivity contribution in [2.45, 2.75) is 6.42 Å². The number of hydrogen-bond donors (Lipinski definition) is 0. The Morgan fingerprint density at radius 2 is 1.76 bits per heavy atom. The summed E-state index contributed by atoms with van der Waals surface area (Å²) in [6, 6.07) is 3.46. The van der Waals surface area contributed by atoms with Gasteiger partial charge >= 0.3 is 0 Å². The molecule has 21 heavy (non-hydrogen) atoms. The van der Waals surface area contributed by atoms with Crippen LogP contribution in [0.15, 0.2) is 24.5 Å². The van der Waals surface area contributed by atoms with Gasteiger partial charge in [0.2, 0.25) is 17.6 Å². The summed E-state index contributed by atoms with van der Waals surface area (Å²) >= 11 is 0. The molecule has 0 aliphatic rings. The van der Waals surface area contributed by atoms with Crippen molar-refractivity contribution < 1.29 is 19.0 Å². The lowest BCUT2D eigenvalue weighted by molar-refractivity contribution is 0.0983. The van der Waals surface area contributed by atoms with Crippen molar-refractivity contribution in [1.29, 1.82) is 0 Å². The quantitative estimate of drug-likeness (QED) is 0.741. The van der Waals surface area contributed by atoms with Crippen LogP contribution in [-0.4, -0.2) is 42.1 Å². The van der Waals surface area contributed by atoms with Crippen LogP contribution >= 0.6 is 0 Å². The minimum absolute atomic E-state index is 0.140. The third-order valence-electron chi connectivity index (χ3n) is 2.76. The Morgan fingerprint density at radius 3 is 2.33 bits per heavy atom. The van der Waals surface area contributed by atoms with E-state index in [1.165, 1.54) is 27.5 Å². The second-order valence-corrected chi connectivity index (χ2v) is 4.08. The minimum Gasteiger partial charge on any atom is -0.481 e. The fourth-order valence-electron chi connectivity index (χ4n) is 1.69. The summed E-state index contributed by atoms with van der Waals surface area (Å²) in [4.78, 5) is 24.4. The molecular weight excluding hydrogens is 274 g/mol. The number of rotatable bonds is 6. The lowest BCUT2D eigenvalue weighted by Crippen LogP contribution is -2.10. The molecular formula is C14H15N3O4. The number of Topliss-reactive ketones (excluding diaryl/α,β-unsaturated/α-hetero) is 1. The Kier molecular flexibility index (Phi) is 4.65. The van der Waals surface area contributed by atoms with E-state index in [2.05, 4.69) is 15.0 Å². The molecule has 0 unspecified atom stereocenters. The number of nitrogens with zero attached hydrogens (tertiary/aromatic N) is 3. The van der Waals surface area contributed by atoms with Crippen molar-refractivity contribution in [3.05, 3.63) is 35.8 Å². The second-order valence-electron chi connectivity index (χ2n) is 4.08. The topological polar surface area (TPSA) is 83.4 Å². The normalized spacial score (nSPS) is 10.0. The molecule has 0 fully saturated rings. The van der Waals surface area contributed by atoms with E-state index in [0.29, 0.717) is 5.88 Å². The van der Waals surface area contributed by atoms with E-state index in [0.717, 1.165) is 5.56 Å². The summed E-state index contributed by atoms with van der Waals surface area (Å²) < 4.78 is 15.0. The molecule has 7 nitrogen and oxygen atoms in total. The number of ketones is 1. The smallest absolute Gasteiger partial charge is 0.246 e. The van der Waals surface area contributed by atoms with E-state index < -0.39 is 0 Å². The maximum Gasteiger partial charge on any atom is 0.246 e. The lowest BCUT2D eigenvalue weighted by atomic mass is 10.1. The van der Waals surface area contributed by atoms with Crippen LogP contribution in [0.25, 0.3) is 0 Å². The molecule has 0 aliphatic carbocycles. The van der Waals surface area contributed by atoms with Gasteiger partial charge in [0.05, 0.1) is 27.5 Å². The summed E-state index contributed by atoms with van der Waals surface area (Å²) in [6.07, 6.45) is 3.11. The SMILES string of the molecule is COc1ccc(CC(=O)c2ncc(OC)nc2OC)cn1. The first-order chi connectivity index (χ1) is 10.2. The van der Waals surface area contributed by atoms with Crippen molar-refractivity contribution in [2.75, 3.05) is 21.3 Å². The van der Waals surface area contributed by atoms with Crippen LogP contribution in [0.5, 0.6) is 17.6 Å².